The first-order valence-corrected chi connectivity index (χ1v) is 7.98. The summed E-state index contributed by atoms with van der Waals surface area (Å²) in [6.45, 7) is 0.705. The zero-order chi connectivity index (χ0) is 18.1. The number of hydrogen-bond donors (Lipinski definition) is 5. The van der Waals surface area contributed by atoms with Crippen LogP contribution in [0.4, 0.5) is 4.79 Å². The summed E-state index contributed by atoms with van der Waals surface area (Å²) in [5, 5.41) is 4.59. The summed E-state index contributed by atoms with van der Waals surface area (Å²) in [6, 6.07) is -1.81. The van der Waals surface area contributed by atoms with E-state index in [1.807, 2.05) is 0 Å². The average molecular weight is 341 g/mol. The Hall–Kier alpha value is -2.20. The Bertz CT molecular complexity index is 495. The van der Waals surface area contributed by atoms with Crippen molar-refractivity contribution in [3.8, 4) is 0 Å². The van der Waals surface area contributed by atoms with Gasteiger partial charge in [-0.1, -0.05) is 12.8 Å². The standard InChI is InChI=1S/C14H27N7O3/c1-21(11(22)7-9(16)5-3-2-4-6-15)10-8-18-14(19-12(10)23)20-13(17)24/h9-10H,2-8,15-16H2,1H3,(H4,17,18,19,20,23,24)/t9-,10?/m0/s1. The summed E-state index contributed by atoms with van der Waals surface area (Å²) in [7, 11) is 1.54. The lowest BCUT2D eigenvalue weighted by Gasteiger charge is -2.30. The Labute approximate surface area is 141 Å². The number of likely N-dealkylation sites (N-methyl/N-ethyl adjacent to an activating group) is 1. The van der Waals surface area contributed by atoms with Gasteiger partial charge in [0, 0.05) is 19.5 Å². The van der Waals surface area contributed by atoms with Crippen LogP contribution < -0.4 is 27.8 Å². The van der Waals surface area contributed by atoms with Gasteiger partial charge in [-0.2, -0.15) is 0 Å². The van der Waals surface area contributed by atoms with Crippen LogP contribution in [0.25, 0.3) is 0 Å². The summed E-state index contributed by atoms with van der Waals surface area (Å²) in [5.41, 5.74) is 16.4. The van der Waals surface area contributed by atoms with Crippen molar-refractivity contribution >= 4 is 23.8 Å². The van der Waals surface area contributed by atoms with Crippen LogP contribution in [0.1, 0.15) is 32.1 Å². The second-order valence-electron chi connectivity index (χ2n) is 5.79. The predicted molar refractivity (Wildman–Crippen MR) is 89.8 cm³/mol. The molecule has 2 atom stereocenters. The second kappa shape index (κ2) is 9.83. The molecule has 136 valence electrons. The van der Waals surface area contributed by atoms with Gasteiger partial charge in [-0.15, -0.1) is 0 Å². The Morgan fingerprint density at radius 1 is 1.42 bits per heavy atom. The van der Waals surface area contributed by atoms with E-state index in [0.29, 0.717) is 6.54 Å². The number of aliphatic imine (C=N–C) groups is 1. The molecule has 0 aliphatic carbocycles. The molecular formula is C14H27N7O3. The lowest BCUT2D eigenvalue weighted by Crippen LogP contribution is -2.58. The number of amides is 4. The predicted octanol–water partition coefficient (Wildman–Crippen LogP) is -1.80. The highest BCUT2D eigenvalue weighted by Crippen LogP contribution is 2.09. The summed E-state index contributed by atoms with van der Waals surface area (Å²) in [4.78, 5) is 40.4. The van der Waals surface area contributed by atoms with Gasteiger partial charge in [-0.05, 0) is 19.4 Å². The summed E-state index contributed by atoms with van der Waals surface area (Å²) >= 11 is 0. The minimum Gasteiger partial charge on any atom is -0.351 e. The number of rotatable bonds is 8. The third-order valence-electron chi connectivity index (χ3n) is 3.78. The van der Waals surface area contributed by atoms with Crippen molar-refractivity contribution < 1.29 is 14.4 Å². The molecule has 0 aromatic rings. The van der Waals surface area contributed by atoms with Crippen LogP contribution >= 0.6 is 0 Å². The normalized spacial score (nSPS) is 18.4. The maximum absolute atomic E-state index is 12.3. The number of carbonyl (C=O) groups excluding carboxylic acids is 3. The first-order valence-electron chi connectivity index (χ1n) is 7.98. The van der Waals surface area contributed by atoms with Gasteiger partial charge in [-0.25, -0.2) is 9.79 Å². The smallest absolute Gasteiger partial charge is 0.318 e. The number of nitrogens with two attached hydrogens (primary N) is 3. The number of primary amides is 1. The molecule has 0 bridgehead atoms. The molecule has 1 aliphatic heterocycles. The molecule has 4 amide bonds. The zero-order valence-corrected chi connectivity index (χ0v) is 14.0. The van der Waals surface area contributed by atoms with Gasteiger partial charge in [0.05, 0.1) is 6.54 Å². The van der Waals surface area contributed by atoms with Gasteiger partial charge >= 0.3 is 6.03 Å². The van der Waals surface area contributed by atoms with E-state index in [2.05, 4.69) is 15.6 Å². The summed E-state index contributed by atoms with van der Waals surface area (Å²) in [6.07, 6.45) is 3.76. The molecule has 0 radical (unpaired) electrons. The van der Waals surface area contributed by atoms with Crippen LogP contribution in [0.5, 0.6) is 0 Å². The number of carbonyl (C=O) groups is 3. The third kappa shape index (κ3) is 6.50. The molecule has 0 fully saturated rings. The van der Waals surface area contributed by atoms with Gasteiger partial charge in [0.15, 0.2) is 0 Å². The number of nitrogens with zero attached hydrogens (tertiary/aromatic N) is 2. The second-order valence-corrected chi connectivity index (χ2v) is 5.79. The van der Waals surface area contributed by atoms with Crippen molar-refractivity contribution in [2.75, 3.05) is 20.1 Å². The van der Waals surface area contributed by atoms with Crippen molar-refractivity contribution in [2.24, 2.45) is 22.2 Å². The lowest BCUT2D eigenvalue weighted by atomic mass is 10.0. The van der Waals surface area contributed by atoms with Gasteiger partial charge < -0.3 is 22.1 Å². The molecule has 0 saturated carbocycles. The van der Waals surface area contributed by atoms with Crippen molar-refractivity contribution in [3.05, 3.63) is 0 Å². The van der Waals surface area contributed by atoms with Crippen molar-refractivity contribution in [2.45, 2.75) is 44.2 Å². The maximum atomic E-state index is 12.3. The largest absolute Gasteiger partial charge is 0.351 e. The van der Waals surface area contributed by atoms with E-state index in [9.17, 15) is 14.4 Å². The topological polar surface area (TPSA) is 169 Å². The Kier molecular flexibility index (Phi) is 8.13. The quantitative estimate of drug-likeness (QED) is 0.328. The zero-order valence-electron chi connectivity index (χ0n) is 14.0. The molecule has 10 nitrogen and oxygen atoms in total. The summed E-state index contributed by atoms with van der Waals surface area (Å²) < 4.78 is 0. The highest BCUT2D eigenvalue weighted by Gasteiger charge is 2.31. The Balaban J connectivity index is 2.46. The fourth-order valence-electron chi connectivity index (χ4n) is 2.36. The van der Waals surface area contributed by atoms with E-state index in [0.717, 1.165) is 25.7 Å². The molecule has 1 unspecified atom stereocenters. The van der Waals surface area contributed by atoms with Crippen LogP contribution in [0.15, 0.2) is 4.99 Å². The summed E-state index contributed by atoms with van der Waals surface area (Å²) in [5.74, 6) is -0.662. The molecular weight excluding hydrogens is 314 g/mol. The number of hydrogen-bond acceptors (Lipinski definition) is 6. The minimum absolute atomic E-state index is 0.0128. The molecule has 1 aliphatic rings. The van der Waals surface area contributed by atoms with Crippen molar-refractivity contribution in [1.29, 1.82) is 0 Å². The monoisotopic (exact) mass is 341 g/mol. The average Bonchev–Trinajstić information content (AvgIpc) is 2.50. The van der Waals surface area contributed by atoms with E-state index in [1.54, 1.807) is 0 Å². The Morgan fingerprint density at radius 3 is 2.71 bits per heavy atom. The molecule has 0 aromatic heterocycles. The number of urea groups is 1. The molecule has 0 saturated heterocycles. The third-order valence-corrected chi connectivity index (χ3v) is 3.78. The highest BCUT2D eigenvalue weighted by molar-refractivity contribution is 6.07. The maximum Gasteiger partial charge on any atom is 0.318 e. The molecule has 1 rings (SSSR count). The molecule has 24 heavy (non-hydrogen) atoms. The number of unbranched alkanes of at least 4 members (excludes halogenated alkanes) is 2. The van der Waals surface area contributed by atoms with Gasteiger partial charge in [-0.3, -0.25) is 20.2 Å². The van der Waals surface area contributed by atoms with Crippen LogP contribution in [0, 0.1) is 0 Å². The van der Waals surface area contributed by atoms with Crippen molar-refractivity contribution in [3.63, 3.8) is 0 Å². The van der Waals surface area contributed by atoms with E-state index < -0.39 is 18.0 Å². The van der Waals surface area contributed by atoms with E-state index in [4.69, 9.17) is 17.2 Å². The SMILES string of the molecule is CN(C(=O)C[C@@H](N)CCCCCN)C1CN=C(NC(N)=O)NC1=O. The first-order chi connectivity index (χ1) is 11.3. The van der Waals surface area contributed by atoms with E-state index >= 15 is 0 Å². The molecule has 8 N–H and O–H groups in total. The highest BCUT2D eigenvalue weighted by atomic mass is 16.2. The van der Waals surface area contributed by atoms with Crippen LogP contribution in [0.3, 0.4) is 0 Å². The van der Waals surface area contributed by atoms with Crippen molar-refractivity contribution in [1.82, 2.24) is 15.5 Å². The van der Waals surface area contributed by atoms with E-state index in [1.165, 1.54) is 11.9 Å². The van der Waals surface area contributed by atoms with Gasteiger partial charge in [0.2, 0.25) is 11.9 Å². The molecule has 0 aromatic carbocycles. The lowest BCUT2D eigenvalue weighted by molar-refractivity contribution is -0.138. The fraction of sp³-hybridized carbons (Fsp3) is 0.714. The van der Waals surface area contributed by atoms with Crippen LogP contribution in [0.2, 0.25) is 0 Å². The van der Waals surface area contributed by atoms with Gasteiger partial charge in [0.25, 0.3) is 5.91 Å². The van der Waals surface area contributed by atoms with Crippen LogP contribution in [-0.2, 0) is 9.59 Å². The van der Waals surface area contributed by atoms with E-state index in [-0.39, 0.29) is 30.9 Å². The van der Waals surface area contributed by atoms with Gasteiger partial charge in [0.1, 0.15) is 6.04 Å². The number of guanidine groups is 1. The molecule has 0 spiro atoms. The van der Waals surface area contributed by atoms with Crippen LogP contribution in [-0.4, -0.2) is 60.9 Å². The number of nitrogens with one attached hydrogen (secondary N) is 2. The minimum atomic E-state index is -0.822. The fourth-order valence-corrected chi connectivity index (χ4v) is 2.36. The Morgan fingerprint density at radius 2 is 2.12 bits per heavy atom. The molecule has 10 heteroatoms. The molecule has 1 heterocycles. The first kappa shape index (κ1) is 19.8.